The first-order valence-electron chi connectivity index (χ1n) is 7.90. The maximum absolute atomic E-state index is 11.6. The Labute approximate surface area is 166 Å². The van der Waals surface area contributed by atoms with Gasteiger partial charge >= 0.3 is 5.97 Å². The standard InChI is InChI=1S/C18H17ClN2O4S2/c1-11-18(26-16-6-4-3-5-14(16)19)13-9-12(20-27(2,24)25)7-8-15(13)21(11)10-17(22)23/h3-9,20H,10H2,1-2H3,(H,22,23). The van der Waals surface area contributed by atoms with E-state index in [0.29, 0.717) is 16.2 Å². The summed E-state index contributed by atoms with van der Waals surface area (Å²) in [6.07, 6.45) is 1.08. The molecule has 0 saturated heterocycles. The van der Waals surface area contributed by atoms with Crippen molar-refractivity contribution in [1.29, 1.82) is 0 Å². The summed E-state index contributed by atoms with van der Waals surface area (Å²) in [5.41, 5.74) is 1.90. The van der Waals surface area contributed by atoms with Crippen molar-refractivity contribution in [3.63, 3.8) is 0 Å². The Balaban J connectivity index is 2.19. The van der Waals surface area contributed by atoms with Crippen LogP contribution in [0.1, 0.15) is 5.69 Å². The number of anilines is 1. The van der Waals surface area contributed by atoms with Crippen molar-refractivity contribution in [2.24, 2.45) is 0 Å². The molecule has 3 rings (SSSR count). The number of hydrogen-bond acceptors (Lipinski definition) is 4. The van der Waals surface area contributed by atoms with Crippen LogP contribution in [0.3, 0.4) is 0 Å². The van der Waals surface area contributed by atoms with E-state index in [9.17, 15) is 18.3 Å². The number of carbonyl (C=O) groups is 1. The molecule has 27 heavy (non-hydrogen) atoms. The fourth-order valence-corrected chi connectivity index (χ4v) is 4.70. The molecule has 142 valence electrons. The molecule has 0 aliphatic carbocycles. The molecule has 3 aromatic rings. The predicted molar refractivity (Wildman–Crippen MR) is 108 cm³/mol. The highest BCUT2D eigenvalue weighted by molar-refractivity contribution is 7.99. The van der Waals surface area contributed by atoms with E-state index >= 15 is 0 Å². The Hall–Kier alpha value is -2.16. The van der Waals surface area contributed by atoms with Crippen LogP contribution in [0, 0.1) is 6.92 Å². The van der Waals surface area contributed by atoms with Gasteiger partial charge in [0.05, 0.1) is 16.8 Å². The summed E-state index contributed by atoms with van der Waals surface area (Å²) in [4.78, 5) is 13.0. The van der Waals surface area contributed by atoms with Crippen LogP contribution < -0.4 is 4.72 Å². The minimum Gasteiger partial charge on any atom is -0.480 e. The second-order valence-electron chi connectivity index (χ2n) is 6.03. The average Bonchev–Trinajstić information content (AvgIpc) is 2.80. The Morgan fingerprint density at radius 1 is 1.26 bits per heavy atom. The minimum atomic E-state index is -3.43. The van der Waals surface area contributed by atoms with Gasteiger partial charge in [0, 0.05) is 26.6 Å². The predicted octanol–water partition coefficient (Wildman–Crippen LogP) is 4.21. The minimum absolute atomic E-state index is 0.190. The summed E-state index contributed by atoms with van der Waals surface area (Å²) in [6, 6.07) is 12.4. The molecule has 0 aliphatic heterocycles. The van der Waals surface area contributed by atoms with Gasteiger partial charge in [-0.05, 0) is 37.3 Å². The maximum atomic E-state index is 11.6. The molecule has 2 N–H and O–H groups in total. The summed E-state index contributed by atoms with van der Waals surface area (Å²) in [5.74, 6) is -0.956. The number of sulfonamides is 1. The van der Waals surface area contributed by atoms with Gasteiger partial charge in [0.25, 0.3) is 0 Å². The molecular weight excluding hydrogens is 408 g/mol. The third kappa shape index (κ3) is 4.40. The summed E-state index contributed by atoms with van der Waals surface area (Å²) < 4.78 is 27.3. The zero-order chi connectivity index (χ0) is 19.8. The molecule has 9 heteroatoms. The van der Waals surface area contributed by atoms with Gasteiger partial charge in [-0.15, -0.1) is 0 Å². The van der Waals surface area contributed by atoms with Crippen molar-refractivity contribution in [2.45, 2.75) is 23.3 Å². The lowest BCUT2D eigenvalue weighted by atomic mass is 10.2. The number of hydrogen-bond donors (Lipinski definition) is 2. The van der Waals surface area contributed by atoms with Gasteiger partial charge in [-0.25, -0.2) is 8.42 Å². The molecular formula is C18H17ClN2O4S2. The third-order valence-electron chi connectivity index (χ3n) is 3.91. The molecule has 6 nitrogen and oxygen atoms in total. The van der Waals surface area contributed by atoms with Crippen LogP contribution in [0.15, 0.2) is 52.3 Å². The van der Waals surface area contributed by atoms with Crippen LogP contribution in [-0.2, 0) is 21.4 Å². The second-order valence-corrected chi connectivity index (χ2v) is 9.24. The molecule has 1 heterocycles. The van der Waals surface area contributed by atoms with Crippen molar-refractivity contribution < 1.29 is 18.3 Å². The van der Waals surface area contributed by atoms with Crippen molar-refractivity contribution in [3.8, 4) is 0 Å². The van der Waals surface area contributed by atoms with Gasteiger partial charge in [0.1, 0.15) is 6.54 Å². The average molecular weight is 425 g/mol. The monoisotopic (exact) mass is 424 g/mol. The number of fused-ring (bicyclic) bond motifs is 1. The summed E-state index contributed by atoms with van der Waals surface area (Å²) in [6.45, 7) is 1.65. The fourth-order valence-electron chi connectivity index (χ4n) is 2.83. The first-order chi connectivity index (χ1) is 12.7. The first kappa shape index (κ1) is 19.6. The van der Waals surface area contributed by atoms with E-state index < -0.39 is 16.0 Å². The SMILES string of the molecule is Cc1c(Sc2ccccc2Cl)c2cc(NS(C)(=O)=O)ccc2n1CC(=O)O. The molecule has 0 amide bonds. The quantitative estimate of drug-likeness (QED) is 0.618. The van der Waals surface area contributed by atoms with Crippen LogP contribution in [0.5, 0.6) is 0 Å². The third-order valence-corrected chi connectivity index (χ3v) is 6.25. The number of carboxylic acids is 1. The Bertz CT molecular complexity index is 1140. The zero-order valence-electron chi connectivity index (χ0n) is 14.6. The highest BCUT2D eigenvalue weighted by Crippen LogP contribution is 2.41. The van der Waals surface area contributed by atoms with Gasteiger partial charge in [0.15, 0.2) is 0 Å². The number of nitrogens with zero attached hydrogens (tertiary/aromatic N) is 1. The zero-order valence-corrected chi connectivity index (χ0v) is 17.0. The van der Waals surface area contributed by atoms with Crippen LogP contribution in [0.4, 0.5) is 5.69 Å². The normalized spacial score (nSPS) is 11.7. The van der Waals surface area contributed by atoms with E-state index in [0.717, 1.165) is 27.1 Å². The van der Waals surface area contributed by atoms with Crippen LogP contribution in [0.2, 0.25) is 5.02 Å². The second kappa shape index (κ2) is 7.46. The lowest BCUT2D eigenvalue weighted by Crippen LogP contribution is -2.10. The van der Waals surface area contributed by atoms with Crippen molar-refractivity contribution in [2.75, 3.05) is 11.0 Å². The molecule has 0 atom stereocenters. The molecule has 0 spiro atoms. The van der Waals surface area contributed by atoms with Crippen molar-refractivity contribution in [3.05, 3.63) is 53.2 Å². The van der Waals surface area contributed by atoms with E-state index in [4.69, 9.17) is 11.6 Å². The van der Waals surface area contributed by atoms with E-state index in [1.807, 2.05) is 25.1 Å². The first-order valence-corrected chi connectivity index (χ1v) is 11.0. The number of nitrogens with one attached hydrogen (secondary N) is 1. The topological polar surface area (TPSA) is 88.4 Å². The van der Waals surface area contributed by atoms with Gasteiger partial charge in [-0.1, -0.05) is 35.5 Å². The number of rotatable bonds is 6. The molecule has 0 fully saturated rings. The molecule has 0 bridgehead atoms. The van der Waals surface area contributed by atoms with E-state index in [1.165, 1.54) is 11.8 Å². The molecule has 0 aliphatic rings. The van der Waals surface area contributed by atoms with E-state index in [1.54, 1.807) is 28.8 Å². The number of aliphatic carboxylic acids is 1. The van der Waals surface area contributed by atoms with Gasteiger partial charge in [-0.2, -0.15) is 0 Å². The number of carboxylic acid groups (broad SMARTS) is 1. The summed E-state index contributed by atoms with van der Waals surface area (Å²) in [5, 5.41) is 10.6. The number of aromatic nitrogens is 1. The highest BCUT2D eigenvalue weighted by atomic mass is 35.5. The Kier molecular flexibility index (Phi) is 5.41. The van der Waals surface area contributed by atoms with Gasteiger partial charge in [0.2, 0.25) is 10.0 Å². The van der Waals surface area contributed by atoms with E-state index in [2.05, 4.69) is 4.72 Å². The maximum Gasteiger partial charge on any atom is 0.323 e. The lowest BCUT2D eigenvalue weighted by molar-refractivity contribution is -0.137. The molecule has 2 aromatic carbocycles. The van der Waals surface area contributed by atoms with Crippen molar-refractivity contribution in [1.82, 2.24) is 4.57 Å². The Morgan fingerprint density at radius 3 is 2.59 bits per heavy atom. The van der Waals surface area contributed by atoms with Gasteiger partial charge in [-0.3, -0.25) is 9.52 Å². The van der Waals surface area contributed by atoms with E-state index in [-0.39, 0.29) is 6.54 Å². The van der Waals surface area contributed by atoms with Crippen LogP contribution in [-0.4, -0.2) is 30.3 Å². The largest absolute Gasteiger partial charge is 0.480 e. The number of halogens is 1. The molecule has 1 aromatic heterocycles. The lowest BCUT2D eigenvalue weighted by Gasteiger charge is -2.06. The highest BCUT2D eigenvalue weighted by Gasteiger charge is 2.18. The number of benzene rings is 2. The molecule has 0 radical (unpaired) electrons. The smallest absolute Gasteiger partial charge is 0.323 e. The summed E-state index contributed by atoms with van der Waals surface area (Å²) >= 11 is 7.70. The van der Waals surface area contributed by atoms with Gasteiger partial charge < -0.3 is 9.67 Å². The van der Waals surface area contributed by atoms with Crippen molar-refractivity contribution >= 4 is 55.9 Å². The van der Waals surface area contributed by atoms with Crippen LogP contribution >= 0.6 is 23.4 Å². The van der Waals surface area contributed by atoms with Crippen LogP contribution in [0.25, 0.3) is 10.9 Å². The Morgan fingerprint density at radius 2 is 1.96 bits per heavy atom. The molecule has 0 unspecified atom stereocenters. The molecule has 0 saturated carbocycles. The fraction of sp³-hybridized carbons (Fsp3) is 0.167. The summed E-state index contributed by atoms with van der Waals surface area (Å²) in [7, 11) is -3.43.